The molecular weight excluding hydrogens is 350 g/mol. The van der Waals surface area contributed by atoms with E-state index < -0.39 is 0 Å². The number of furan rings is 1. The van der Waals surface area contributed by atoms with Gasteiger partial charge in [-0.2, -0.15) is 0 Å². The Bertz CT molecular complexity index is 559. The van der Waals surface area contributed by atoms with Crippen LogP contribution in [0.25, 0.3) is 0 Å². The van der Waals surface area contributed by atoms with Crippen molar-refractivity contribution >= 4 is 5.96 Å². The lowest BCUT2D eigenvalue weighted by molar-refractivity contribution is 0.187. The standard InChI is InChI=1S/C22H39N5O/c1-3-23-22(24-12-9-19-10-15-26(4-2)16-11-19)25-18-20(21-8-7-17-28-21)27-13-5-6-14-27/h7-8,17,19-20H,3-6,9-16,18H2,1-2H3,(H2,23,24,25). The maximum Gasteiger partial charge on any atom is 0.191 e. The lowest BCUT2D eigenvalue weighted by atomic mass is 9.93. The van der Waals surface area contributed by atoms with Crippen LogP contribution in [0.5, 0.6) is 0 Å². The van der Waals surface area contributed by atoms with E-state index in [0.717, 1.165) is 50.4 Å². The molecule has 2 saturated heterocycles. The van der Waals surface area contributed by atoms with E-state index in [4.69, 9.17) is 9.41 Å². The summed E-state index contributed by atoms with van der Waals surface area (Å²) in [4.78, 5) is 9.97. The summed E-state index contributed by atoms with van der Waals surface area (Å²) in [6, 6.07) is 4.31. The molecule has 2 aliphatic rings. The molecule has 0 amide bonds. The number of piperidine rings is 1. The SMILES string of the molecule is CCNC(=NCC(c1ccco1)N1CCCC1)NCCC1CCN(CC)CC1. The average Bonchev–Trinajstić information content (AvgIpc) is 3.43. The Balaban J connectivity index is 1.49. The number of nitrogens with zero attached hydrogens (tertiary/aromatic N) is 3. The number of aliphatic imine (C=N–C) groups is 1. The van der Waals surface area contributed by atoms with Gasteiger partial charge >= 0.3 is 0 Å². The second kappa shape index (κ2) is 11.5. The van der Waals surface area contributed by atoms with Crippen LogP contribution in [0.4, 0.5) is 0 Å². The third-order valence-electron chi connectivity index (χ3n) is 6.22. The van der Waals surface area contributed by atoms with Crippen LogP contribution in [-0.4, -0.2) is 68.1 Å². The molecule has 0 radical (unpaired) electrons. The first-order valence-electron chi connectivity index (χ1n) is 11.3. The van der Waals surface area contributed by atoms with E-state index in [-0.39, 0.29) is 6.04 Å². The van der Waals surface area contributed by atoms with Crippen LogP contribution in [0.15, 0.2) is 27.8 Å². The van der Waals surface area contributed by atoms with E-state index in [1.807, 2.05) is 6.07 Å². The van der Waals surface area contributed by atoms with Gasteiger partial charge < -0.3 is 20.0 Å². The molecule has 0 aliphatic carbocycles. The van der Waals surface area contributed by atoms with Crippen molar-refractivity contribution in [3.63, 3.8) is 0 Å². The average molecular weight is 390 g/mol. The summed E-state index contributed by atoms with van der Waals surface area (Å²) in [5, 5.41) is 6.97. The molecule has 2 aliphatic heterocycles. The van der Waals surface area contributed by atoms with Crippen LogP contribution >= 0.6 is 0 Å². The lowest BCUT2D eigenvalue weighted by Crippen LogP contribution is -2.40. The zero-order valence-electron chi connectivity index (χ0n) is 17.8. The zero-order chi connectivity index (χ0) is 19.6. The van der Waals surface area contributed by atoms with Crippen LogP contribution in [-0.2, 0) is 0 Å². The number of hydrogen-bond acceptors (Lipinski definition) is 4. The van der Waals surface area contributed by atoms with Crippen molar-refractivity contribution in [1.82, 2.24) is 20.4 Å². The van der Waals surface area contributed by atoms with Gasteiger partial charge in [0.25, 0.3) is 0 Å². The molecule has 0 saturated carbocycles. The second-order valence-corrected chi connectivity index (χ2v) is 8.09. The Morgan fingerprint density at radius 1 is 1.18 bits per heavy atom. The van der Waals surface area contributed by atoms with Gasteiger partial charge in [0.15, 0.2) is 5.96 Å². The summed E-state index contributed by atoms with van der Waals surface area (Å²) >= 11 is 0. The summed E-state index contributed by atoms with van der Waals surface area (Å²) in [5.41, 5.74) is 0. The van der Waals surface area contributed by atoms with Gasteiger partial charge in [-0.05, 0) is 89.8 Å². The first-order valence-corrected chi connectivity index (χ1v) is 11.3. The molecule has 2 N–H and O–H groups in total. The van der Waals surface area contributed by atoms with Crippen molar-refractivity contribution in [1.29, 1.82) is 0 Å². The summed E-state index contributed by atoms with van der Waals surface area (Å²) < 4.78 is 5.72. The van der Waals surface area contributed by atoms with Gasteiger partial charge in [-0.3, -0.25) is 9.89 Å². The van der Waals surface area contributed by atoms with Gasteiger partial charge in [-0.15, -0.1) is 0 Å². The number of guanidine groups is 1. The Labute approximate surface area is 170 Å². The Hall–Kier alpha value is -1.53. The first kappa shape index (κ1) is 21.2. The molecule has 6 heteroatoms. The van der Waals surface area contributed by atoms with Crippen molar-refractivity contribution < 1.29 is 4.42 Å². The maximum absolute atomic E-state index is 5.72. The molecule has 6 nitrogen and oxygen atoms in total. The summed E-state index contributed by atoms with van der Waals surface area (Å²) in [6.07, 6.45) is 8.22. The molecule has 1 aromatic rings. The molecule has 0 spiro atoms. The van der Waals surface area contributed by atoms with E-state index >= 15 is 0 Å². The third-order valence-corrected chi connectivity index (χ3v) is 6.22. The van der Waals surface area contributed by atoms with Crippen LogP contribution in [0.2, 0.25) is 0 Å². The lowest BCUT2D eigenvalue weighted by Gasteiger charge is -2.31. The first-order chi connectivity index (χ1) is 13.8. The highest BCUT2D eigenvalue weighted by Crippen LogP contribution is 2.25. The minimum absolute atomic E-state index is 0.242. The summed E-state index contributed by atoms with van der Waals surface area (Å²) in [5.74, 6) is 2.81. The van der Waals surface area contributed by atoms with Gasteiger partial charge in [0.1, 0.15) is 5.76 Å². The Morgan fingerprint density at radius 3 is 2.61 bits per heavy atom. The molecule has 1 atom stereocenters. The quantitative estimate of drug-likeness (QED) is 0.502. The molecule has 3 heterocycles. The van der Waals surface area contributed by atoms with Gasteiger partial charge in [0.05, 0.1) is 18.8 Å². The maximum atomic E-state index is 5.72. The van der Waals surface area contributed by atoms with Gasteiger partial charge in [0.2, 0.25) is 0 Å². The molecule has 28 heavy (non-hydrogen) atoms. The molecule has 1 aromatic heterocycles. The summed E-state index contributed by atoms with van der Waals surface area (Å²) in [7, 11) is 0. The monoisotopic (exact) mass is 389 g/mol. The fourth-order valence-corrected chi connectivity index (χ4v) is 4.43. The predicted molar refractivity (Wildman–Crippen MR) is 116 cm³/mol. The minimum Gasteiger partial charge on any atom is -0.468 e. The second-order valence-electron chi connectivity index (χ2n) is 8.09. The Morgan fingerprint density at radius 2 is 1.96 bits per heavy atom. The molecule has 2 fully saturated rings. The van der Waals surface area contributed by atoms with E-state index in [1.165, 1.54) is 51.7 Å². The Kier molecular flexibility index (Phi) is 8.68. The topological polar surface area (TPSA) is 56.0 Å². The molecule has 1 unspecified atom stereocenters. The van der Waals surface area contributed by atoms with Crippen LogP contribution in [0.3, 0.4) is 0 Å². The van der Waals surface area contributed by atoms with E-state index in [9.17, 15) is 0 Å². The van der Waals surface area contributed by atoms with Crippen molar-refractivity contribution in [3.8, 4) is 0 Å². The normalized spacial score (nSPS) is 21.1. The van der Waals surface area contributed by atoms with Crippen molar-refractivity contribution in [2.75, 3.05) is 52.4 Å². The highest BCUT2D eigenvalue weighted by Gasteiger charge is 2.25. The van der Waals surface area contributed by atoms with Crippen molar-refractivity contribution in [3.05, 3.63) is 24.2 Å². The third kappa shape index (κ3) is 6.24. The number of nitrogens with one attached hydrogen (secondary N) is 2. The fourth-order valence-electron chi connectivity index (χ4n) is 4.43. The van der Waals surface area contributed by atoms with Gasteiger partial charge in [-0.25, -0.2) is 0 Å². The highest BCUT2D eigenvalue weighted by molar-refractivity contribution is 5.79. The van der Waals surface area contributed by atoms with E-state index in [0.29, 0.717) is 0 Å². The number of rotatable bonds is 9. The predicted octanol–water partition coefficient (Wildman–Crippen LogP) is 3.09. The van der Waals surface area contributed by atoms with E-state index in [2.05, 4.69) is 40.3 Å². The minimum atomic E-state index is 0.242. The molecule has 0 aromatic carbocycles. The van der Waals surface area contributed by atoms with Crippen LogP contribution < -0.4 is 10.6 Å². The highest BCUT2D eigenvalue weighted by atomic mass is 16.3. The number of hydrogen-bond donors (Lipinski definition) is 2. The van der Waals surface area contributed by atoms with Crippen LogP contribution in [0.1, 0.15) is 57.8 Å². The molecule has 158 valence electrons. The van der Waals surface area contributed by atoms with Crippen molar-refractivity contribution in [2.45, 2.75) is 52.0 Å². The fraction of sp³-hybridized carbons (Fsp3) is 0.773. The van der Waals surface area contributed by atoms with Gasteiger partial charge in [0, 0.05) is 13.1 Å². The van der Waals surface area contributed by atoms with Crippen LogP contribution in [0, 0.1) is 5.92 Å². The smallest absolute Gasteiger partial charge is 0.191 e. The van der Waals surface area contributed by atoms with Gasteiger partial charge in [-0.1, -0.05) is 6.92 Å². The van der Waals surface area contributed by atoms with Crippen molar-refractivity contribution in [2.24, 2.45) is 10.9 Å². The summed E-state index contributed by atoms with van der Waals surface area (Å²) in [6.45, 7) is 13.0. The number of likely N-dealkylation sites (tertiary alicyclic amines) is 2. The largest absolute Gasteiger partial charge is 0.468 e. The van der Waals surface area contributed by atoms with E-state index in [1.54, 1.807) is 6.26 Å². The molecule has 3 rings (SSSR count). The zero-order valence-corrected chi connectivity index (χ0v) is 17.8. The molecule has 0 bridgehead atoms. The molecular formula is C22H39N5O.